The lowest BCUT2D eigenvalue weighted by atomic mass is 10.2. The summed E-state index contributed by atoms with van der Waals surface area (Å²) in [7, 11) is 1.68. The highest BCUT2D eigenvalue weighted by molar-refractivity contribution is 5.80. The number of aliphatic imine (C=N–C) groups is 1. The standard InChI is InChI=1S/C19H28F3N5O/c1-14(19(20,21)22)26-7-9-27(10-8-26)18(23-2)25-12-16-5-6-17(24-11-16)28-13-15-3-4-15/h5-6,11,14-15H,3-4,7-10,12-13H2,1-2H3,(H,23,25). The van der Waals surface area contributed by atoms with Gasteiger partial charge in [0.1, 0.15) is 6.04 Å². The minimum Gasteiger partial charge on any atom is -0.477 e. The Hall–Kier alpha value is -2.03. The Morgan fingerprint density at radius 3 is 2.54 bits per heavy atom. The average molecular weight is 399 g/mol. The van der Waals surface area contributed by atoms with E-state index in [4.69, 9.17) is 4.74 Å². The molecule has 6 nitrogen and oxygen atoms in total. The summed E-state index contributed by atoms with van der Waals surface area (Å²) in [5.41, 5.74) is 0.990. The van der Waals surface area contributed by atoms with Gasteiger partial charge in [-0.25, -0.2) is 4.98 Å². The van der Waals surface area contributed by atoms with Gasteiger partial charge in [0.25, 0.3) is 0 Å². The summed E-state index contributed by atoms with van der Waals surface area (Å²) in [5, 5.41) is 3.26. The Bertz CT molecular complexity index is 653. The van der Waals surface area contributed by atoms with E-state index in [0.29, 0.717) is 50.5 Å². The molecule has 1 aromatic rings. The van der Waals surface area contributed by atoms with E-state index in [0.717, 1.165) is 12.2 Å². The van der Waals surface area contributed by atoms with E-state index in [9.17, 15) is 13.2 Å². The molecule has 0 radical (unpaired) electrons. The lowest BCUT2D eigenvalue weighted by Crippen LogP contribution is -2.56. The second-order valence-electron chi connectivity index (χ2n) is 7.40. The van der Waals surface area contributed by atoms with Gasteiger partial charge in [0.15, 0.2) is 5.96 Å². The van der Waals surface area contributed by atoms with Gasteiger partial charge in [-0.05, 0) is 31.2 Å². The monoisotopic (exact) mass is 399 g/mol. The van der Waals surface area contributed by atoms with Gasteiger partial charge in [-0.2, -0.15) is 13.2 Å². The number of halogens is 3. The lowest BCUT2D eigenvalue weighted by molar-refractivity contribution is -0.181. The van der Waals surface area contributed by atoms with E-state index in [1.54, 1.807) is 13.2 Å². The largest absolute Gasteiger partial charge is 0.477 e. The Labute approximate surface area is 163 Å². The number of piperazine rings is 1. The third kappa shape index (κ3) is 5.73. The van der Waals surface area contributed by atoms with Crippen LogP contribution in [0.4, 0.5) is 13.2 Å². The van der Waals surface area contributed by atoms with Crippen molar-refractivity contribution in [2.75, 3.05) is 39.8 Å². The molecule has 3 rings (SSSR count). The molecular formula is C19H28F3N5O. The Balaban J connectivity index is 1.44. The van der Waals surface area contributed by atoms with Gasteiger partial charge in [-0.15, -0.1) is 0 Å². The van der Waals surface area contributed by atoms with Crippen LogP contribution in [-0.2, 0) is 6.54 Å². The molecule has 1 atom stereocenters. The highest BCUT2D eigenvalue weighted by Crippen LogP contribution is 2.29. The predicted molar refractivity (Wildman–Crippen MR) is 101 cm³/mol. The van der Waals surface area contributed by atoms with Gasteiger partial charge in [0, 0.05) is 52.0 Å². The molecule has 1 aliphatic heterocycles. The van der Waals surface area contributed by atoms with Crippen LogP contribution in [0.25, 0.3) is 0 Å². The first-order chi connectivity index (χ1) is 13.4. The van der Waals surface area contributed by atoms with Crippen LogP contribution >= 0.6 is 0 Å². The summed E-state index contributed by atoms with van der Waals surface area (Å²) in [4.78, 5) is 12.0. The van der Waals surface area contributed by atoms with Crippen molar-refractivity contribution < 1.29 is 17.9 Å². The SMILES string of the molecule is CN=C(NCc1ccc(OCC2CC2)nc1)N1CCN(C(C)C(F)(F)F)CC1. The van der Waals surface area contributed by atoms with Crippen LogP contribution in [0, 0.1) is 5.92 Å². The number of guanidine groups is 1. The molecule has 1 aliphatic carbocycles. The van der Waals surface area contributed by atoms with Crippen molar-refractivity contribution in [2.24, 2.45) is 10.9 Å². The predicted octanol–water partition coefficient (Wildman–Crippen LogP) is 2.51. The topological polar surface area (TPSA) is 53.0 Å². The fourth-order valence-electron chi connectivity index (χ4n) is 3.13. The van der Waals surface area contributed by atoms with Crippen LogP contribution in [0.15, 0.2) is 23.3 Å². The minimum absolute atomic E-state index is 0.357. The lowest BCUT2D eigenvalue weighted by Gasteiger charge is -2.39. The fourth-order valence-corrected chi connectivity index (χ4v) is 3.13. The smallest absolute Gasteiger partial charge is 0.403 e. The van der Waals surface area contributed by atoms with Crippen LogP contribution in [0.1, 0.15) is 25.3 Å². The first-order valence-corrected chi connectivity index (χ1v) is 9.71. The van der Waals surface area contributed by atoms with Gasteiger partial charge in [-0.3, -0.25) is 9.89 Å². The molecule has 1 saturated carbocycles. The Morgan fingerprint density at radius 2 is 2.00 bits per heavy atom. The first kappa shape index (κ1) is 20.7. The fraction of sp³-hybridized carbons (Fsp3) is 0.684. The highest BCUT2D eigenvalue weighted by atomic mass is 19.4. The molecule has 0 bridgehead atoms. The Kier molecular flexibility index (Phi) is 6.64. The zero-order valence-corrected chi connectivity index (χ0v) is 16.4. The molecule has 1 unspecified atom stereocenters. The van der Waals surface area contributed by atoms with Crippen molar-refractivity contribution in [2.45, 2.75) is 38.5 Å². The van der Waals surface area contributed by atoms with Gasteiger partial charge >= 0.3 is 6.18 Å². The van der Waals surface area contributed by atoms with E-state index in [-0.39, 0.29) is 0 Å². The zero-order valence-electron chi connectivity index (χ0n) is 16.4. The number of alkyl halides is 3. The van der Waals surface area contributed by atoms with E-state index in [2.05, 4.69) is 15.3 Å². The van der Waals surface area contributed by atoms with Crippen molar-refractivity contribution in [3.63, 3.8) is 0 Å². The number of rotatable bonds is 6. The number of ether oxygens (including phenoxy) is 1. The highest BCUT2D eigenvalue weighted by Gasteiger charge is 2.41. The second-order valence-corrected chi connectivity index (χ2v) is 7.40. The van der Waals surface area contributed by atoms with E-state index < -0.39 is 12.2 Å². The number of aromatic nitrogens is 1. The van der Waals surface area contributed by atoms with Gasteiger partial charge in [0.2, 0.25) is 5.88 Å². The number of nitrogens with zero attached hydrogens (tertiary/aromatic N) is 4. The van der Waals surface area contributed by atoms with Crippen molar-refractivity contribution in [1.29, 1.82) is 0 Å². The first-order valence-electron chi connectivity index (χ1n) is 9.71. The summed E-state index contributed by atoms with van der Waals surface area (Å²) < 4.78 is 44.3. The molecule has 1 aromatic heterocycles. The number of nitrogens with one attached hydrogen (secondary N) is 1. The molecule has 0 aromatic carbocycles. The van der Waals surface area contributed by atoms with E-state index in [1.807, 2.05) is 17.0 Å². The molecule has 2 aliphatic rings. The van der Waals surface area contributed by atoms with Crippen LogP contribution in [0.3, 0.4) is 0 Å². The van der Waals surface area contributed by atoms with Crippen LogP contribution in [-0.4, -0.2) is 72.8 Å². The number of pyridine rings is 1. The molecule has 0 amide bonds. The van der Waals surface area contributed by atoms with Crippen molar-refractivity contribution in [1.82, 2.24) is 20.1 Å². The van der Waals surface area contributed by atoms with Crippen LogP contribution in [0.5, 0.6) is 5.88 Å². The van der Waals surface area contributed by atoms with Gasteiger partial charge in [0.05, 0.1) is 6.61 Å². The number of hydrogen-bond acceptors (Lipinski definition) is 4. The average Bonchev–Trinajstić information content (AvgIpc) is 3.51. The molecule has 156 valence electrons. The van der Waals surface area contributed by atoms with Crippen molar-refractivity contribution in [3.8, 4) is 5.88 Å². The molecular weight excluding hydrogens is 371 g/mol. The molecule has 28 heavy (non-hydrogen) atoms. The minimum atomic E-state index is -4.19. The molecule has 1 N–H and O–H groups in total. The number of hydrogen-bond donors (Lipinski definition) is 1. The zero-order chi connectivity index (χ0) is 20.1. The van der Waals surface area contributed by atoms with Gasteiger partial charge in [-0.1, -0.05) is 6.07 Å². The molecule has 2 heterocycles. The van der Waals surface area contributed by atoms with E-state index >= 15 is 0 Å². The van der Waals surface area contributed by atoms with Crippen molar-refractivity contribution in [3.05, 3.63) is 23.9 Å². The van der Waals surface area contributed by atoms with E-state index in [1.165, 1.54) is 24.7 Å². The maximum Gasteiger partial charge on any atom is 0.403 e. The maximum atomic E-state index is 12.9. The molecule has 0 spiro atoms. The quantitative estimate of drug-likeness (QED) is 0.589. The summed E-state index contributed by atoms with van der Waals surface area (Å²) >= 11 is 0. The third-order valence-electron chi connectivity index (χ3n) is 5.26. The maximum absolute atomic E-state index is 12.9. The normalized spacial score (nSPS) is 20.2. The summed E-state index contributed by atoms with van der Waals surface area (Å²) in [6.45, 7) is 4.22. The second kappa shape index (κ2) is 8.98. The molecule has 2 fully saturated rings. The molecule has 1 saturated heterocycles. The summed E-state index contributed by atoms with van der Waals surface area (Å²) in [6, 6.07) is 2.40. The Morgan fingerprint density at radius 1 is 1.29 bits per heavy atom. The van der Waals surface area contributed by atoms with Crippen LogP contribution < -0.4 is 10.1 Å². The van der Waals surface area contributed by atoms with Crippen LogP contribution in [0.2, 0.25) is 0 Å². The molecule has 9 heteroatoms. The summed E-state index contributed by atoms with van der Waals surface area (Å²) in [6.07, 6.45) is 0.0596. The van der Waals surface area contributed by atoms with Gasteiger partial charge < -0.3 is 15.0 Å². The van der Waals surface area contributed by atoms with Crippen molar-refractivity contribution >= 4 is 5.96 Å². The third-order valence-corrected chi connectivity index (χ3v) is 5.26. The summed E-state index contributed by atoms with van der Waals surface area (Å²) in [5.74, 6) is 2.01.